The maximum atomic E-state index is 13.3. The summed E-state index contributed by atoms with van der Waals surface area (Å²) in [7, 11) is 1.49. The van der Waals surface area contributed by atoms with Crippen molar-refractivity contribution in [1.29, 1.82) is 0 Å². The number of nitrogens with zero attached hydrogens (tertiary/aromatic N) is 1. The number of pyridine rings is 1. The first-order valence-electron chi connectivity index (χ1n) is 8.73. The molecule has 0 bridgehead atoms. The first-order chi connectivity index (χ1) is 14.0. The number of carbonyl (C=O) groups is 2. The number of rotatable bonds is 4. The van der Waals surface area contributed by atoms with Crippen molar-refractivity contribution in [2.45, 2.75) is 0 Å². The molecule has 0 atom stereocenters. The monoisotopic (exact) mass is 390 g/mol. The summed E-state index contributed by atoms with van der Waals surface area (Å²) in [6.45, 7) is 0. The second-order valence-corrected chi connectivity index (χ2v) is 6.32. The molecule has 1 amide bonds. The van der Waals surface area contributed by atoms with Crippen LogP contribution in [0.3, 0.4) is 0 Å². The molecule has 0 saturated heterocycles. The van der Waals surface area contributed by atoms with Gasteiger partial charge in [-0.25, -0.2) is 14.2 Å². The van der Waals surface area contributed by atoms with Gasteiger partial charge in [0.05, 0.1) is 16.5 Å². The van der Waals surface area contributed by atoms with E-state index in [1.807, 2.05) is 0 Å². The highest BCUT2D eigenvalue weighted by Gasteiger charge is 2.23. The first kappa shape index (κ1) is 18.4. The molecule has 4 rings (SSSR count). The maximum Gasteiger partial charge on any atom is 0.336 e. The molecular formula is C22H15FN2O4. The number of fused-ring (bicyclic) bond motifs is 1. The average Bonchev–Trinajstić information content (AvgIpc) is 3.12. The van der Waals surface area contributed by atoms with Gasteiger partial charge in [-0.15, -0.1) is 0 Å². The smallest absolute Gasteiger partial charge is 0.336 e. The van der Waals surface area contributed by atoms with Crippen molar-refractivity contribution in [3.8, 4) is 22.5 Å². The van der Waals surface area contributed by atoms with E-state index in [0.717, 1.165) is 0 Å². The second kappa shape index (κ2) is 7.20. The topological polar surface area (TPSA) is 92.4 Å². The van der Waals surface area contributed by atoms with Crippen LogP contribution in [0.25, 0.3) is 33.6 Å². The molecule has 2 heterocycles. The minimum absolute atomic E-state index is 0.123. The van der Waals surface area contributed by atoms with E-state index in [4.69, 9.17) is 4.42 Å². The molecule has 29 heavy (non-hydrogen) atoms. The summed E-state index contributed by atoms with van der Waals surface area (Å²) >= 11 is 0. The summed E-state index contributed by atoms with van der Waals surface area (Å²) in [6.07, 6.45) is 1.50. The summed E-state index contributed by atoms with van der Waals surface area (Å²) in [5, 5.41) is 12.5. The fraction of sp³-hybridized carbons (Fsp3) is 0.0455. The zero-order valence-electron chi connectivity index (χ0n) is 15.3. The molecule has 0 fully saturated rings. The first-order valence-corrected chi connectivity index (χ1v) is 8.73. The van der Waals surface area contributed by atoms with Crippen molar-refractivity contribution >= 4 is 23.0 Å². The van der Waals surface area contributed by atoms with Gasteiger partial charge in [0, 0.05) is 24.4 Å². The number of carboxylic acid groups (broad SMARTS) is 1. The number of hydrogen-bond acceptors (Lipinski definition) is 4. The molecule has 0 saturated carbocycles. The van der Waals surface area contributed by atoms with Gasteiger partial charge < -0.3 is 14.8 Å². The number of aromatic nitrogens is 1. The van der Waals surface area contributed by atoms with Crippen LogP contribution < -0.4 is 5.32 Å². The molecule has 0 spiro atoms. The minimum Gasteiger partial charge on any atom is -0.478 e. The molecule has 2 aromatic heterocycles. The van der Waals surface area contributed by atoms with Crippen molar-refractivity contribution < 1.29 is 23.5 Å². The number of nitrogens with one attached hydrogen (secondary N) is 1. The fourth-order valence-corrected chi connectivity index (χ4v) is 3.21. The molecule has 4 aromatic rings. The van der Waals surface area contributed by atoms with E-state index in [9.17, 15) is 19.1 Å². The van der Waals surface area contributed by atoms with Crippen molar-refractivity contribution in [2.75, 3.05) is 7.05 Å². The van der Waals surface area contributed by atoms with E-state index >= 15 is 0 Å². The van der Waals surface area contributed by atoms with Gasteiger partial charge in [-0.2, -0.15) is 0 Å². The summed E-state index contributed by atoms with van der Waals surface area (Å²) in [4.78, 5) is 28.5. The van der Waals surface area contributed by atoms with Crippen molar-refractivity contribution in [1.82, 2.24) is 10.3 Å². The highest BCUT2D eigenvalue weighted by molar-refractivity contribution is 6.11. The number of hydrogen-bond donors (Lipinski definition) is 2. The molecule has 0 aliphatic carbocycles. The van der Waals surface area contributed by atoms with Crippen molar-refractivity contribution in [3.63, 3.8) is 0 Å². The van der Waals surface area contributed by atoms with Crippen molar-refractivity contribution in [3.05, 3.63) is 77.7 Å². The van der Waals surface area contributed by atoms with E-state index in [-0.39, 0.29) is 22.6 Å². The molecule has 0 radical (unpaired) electrons. The predicted octanol–water partition coefficient (Wildman–Crippen LogP) is 4.36. The molecule has 144 valence electrons. The average molecular weight is 390 g/mol. The molecular weight excluding hydrogens is 375 g/mol. The Kier molecular flexibility index (Phi) is 4.56. The van der Waals surface area contributed by atoms with E-state index < -0.39 is 17.7 Å². The van der Waals surface area contributed by atoms with Crippen LogP contribution in [0.15, 0.2) is 65.2 Å². The summed E-state index contributed by atoms with van der Waals surface area (Å²) in [5.74, 6) is -1.60. The minimum atomic E-state index is -1.06. The van der Waals surface area contributed by atoms with Crippen molar-refractivity contribution in [2.24, 2.45) is 0 Å². The number of amides is 1. The van der Waals surface area contributed by atoms with Gasteiger partial charge >= 0.3 is 5.97 Å². The lowest BCUT2D eigenvalue weighted by molar-refractivity contribution is 0.0697. The Morgan fingerprint density at radius 1 is 1.07 bits per heavy atom. The van der Waals surface area contributed by atoms with Gasteiger partial charge in [0.1, 0.15) is 11.6 Å². The van der Waals surface area contributed by atoms with Gasteiger partial charge in [-0.1, -0.05) is 18.2 Å². The number of aromatic carboxylic acids is 1. The molecule has 0 aliphatic rings. The molecule has 7 heteroatoms. The Hall–Kier alpha value is -4.00. The Balaban J connectivity index is 1.97. The third-order valence-corrected chi connectivity index (χ3v) is 4.58. The highest BCUT2D eigenvalue weighted by atomic mass is 19.1. The zero-order valence-corrected chi connectivity index (χ0v) is 15.3. The maximum absolute atomic E-state index is 13.3. The van der Waals surface area contributed by atoms with Gasteiger partial charge in [-0.3, -0.25) is 4.79 Å². The Labute approximate surface area is 164 Å². The van der Waals surface area contributed by atoms with Crippen LogP contribution >= 0.6 is 0 Å². The Morgan fingerprint density at radius 2 is 1.79 bits per heavy atom. The van der Waals surface area contributed by atoms with E-state index in [1.54, 1.807) is 24.3 Å². The summed E-state index contributed by atoms with van der Waals surface area (Å²) < 4.78 is 19.1. The van der Waals surface area contributed by atoms with Crippen LogP contribution in [-0.2, 0) is 0 Å². The van der Waals surface area contributed by atoms with Crippen LogP contribution in [0.2, 0.25) is 0 Å². The number of carboxylic acids is 1. The number of furan rings is 1. The van der Waals surface area contributed by atoms with Crippen LogP contribution in [0, 0.1) is 5.82 Å². The zero-order chi connectivity index (χ0) is 20.5. The standard InChI is InChI=1S/C22H15FN2O4/c1-24-20(26)18-17-10-13(15-4-2-3-5-16(15)22(27)28)11-25-21(17)29-19(18)12-6-8-14(23)9-7-12/h2-11H,1H3,(H,24,26)(H,27,28). The largest absolute Gasteiger partial charge is 0.478 e. The van der Waals surface area contributed by atoms with Gasteiger partial charge in [0.25, 0.3) is 5.91 Å². The number of benzene rings is 2. The third kappa shape index (κ3) is 3.23. The van der Waals surface area contributed by atoms with E-state index in [1.165, 1.54) is 43.6 Å². The summed E-state index contributed by atoms with van der Waals surface area (Å²) in [5.41, 5.74) is 2.12. The second-order valence-electron chi connectivity index (χ2n) is 6.32. The number of carbonyl (C=O) groups excluding carboxylic acids is 1. The Bertz CT molecular complexity index is 1250. The quantitative estimate of drug-likeness (QED) is 0.540. The van der Waals surface area contributed by atoms with Gasteiger partial charge in [0.15, 0.2) is 0 Å². The fourth-order valence-electron chi connectivity index (χ4n) is 3.21. The lowest BCUT2D eigenvalue weighted by Gasteiger charge is -2.06. The lowest BCUT2D eigenvalue weighted by atomic mass is 9.99. The Morgan fingerprint density at radius 3 is 2.48 bits per heavy atom. The summed E-state index contributed by atoms with van der Waals surface area (Å²) in [6, 6.07) is 13.8. The molecule has 2 N–H and O–H groups in total. The van der Waals surface area contributed by atoms with Crippen LogP contribution in [0.1, 0.15) is 20.7 Å². The van der Waals surface area contributed by atoms with Gasteiger partial charge in [-0.05, 0) is 42.0 Å². The SMILES string of the molecule is CNC(=O)c1c(-c2ccc(F)cc2)oc2ncc(-c3ccccc3C(=O)O)cc12. The third-order valence-electron chi connectivity index (χ3n) is 4.58. The van der Waals surface area contributed by atoms with Crippen LogP contribution in [0.4, 0.5) is 4.39 Å². The molecule has 0 unspecified atom stereocenters. The van der Waals surface area contributed by atoms with Crippen LogP contribution in [-0.4, -0.2) is 29.0 Å². The normalized spacial score (nSPS) is 10.8. The molecule has 0 aliphatic heterocycles. The van der Waals surface area contributed by atoms with E-state index in [2.05, 4.69) is 10.3 Å². The molecule has 6 nitrogen and oxygen atoms in total. The van der Waals surface area contributed by atoms with E-state index in [0.29, 0.717) is 22.1 Å². The lowest BCUT2D eigenvalue weighted by Crippen LogP contribution is -2.18. The van der Waals surface area contributed by atoms with Crippen LogP contribution in [0.5, 0.6) is 0 Å². The number of halogens is 1. The predicted molar refractivity (Wildman–Crippen MR) is 105 cm³/mol. The van der Waals surface area contributed by atoms with Gasteiger partial charge in [0.2, 0.25) is 5.71 Å². The molecule has 2 aromatic carbocycles. The highest BCUT2D eigenvalue weighted by Crippen LogP contribution is 2.35.